The Kier molecular flexibility index (Phi) is 4.52. The smallest absolute Gasteiger partial charge is 0.163 e. The molecule has 104 valence electrons. The van der Waals surface area contributed by atoms with Crippen LogP contribution in [0.15, 0.2) is 18.7 Å². The molecule has 6 nitrogen and oxygen atoms in total. The summed E-state index contributed by atoms with van der Waals surface area (Å²) in [6.45, 7) is 4.08. The van der Waals surface area contributed by atoms with E-state index in [1.165, 1.54) is 6.33 Å². The number of nitrogens with two attached hydrogens (primary N) is 1. The number of hydrogen-bond acceptors (Lipinski definition) is 6. The van der Waals surface area contributed by atoms with E-state index < -0.39 is 0 Å². The van der Waals surface area contributed by atoms with E-state index in [0.29, 0.717) is 16.5 Å². The Balaban J connectivity index is 2.50. The summed E-state index contributed by atoms with van der Waals surface area (Å²) in [5.74, 6) is 0.543. The quantitative estimate of drug-likeness (QED) is 0.810. The summed E-state index contributed by atoms with van der Waals surface area (Å²) in [6, 6.07) is 0. The first-order valence-corrected chi connectivity index (χ1v) is 6.78. The molecule has 7 heteroatoms. The van der Waals surface area contributed by atoms with Crippen LogP contribution in [0.2, 0.25) is 0 Å². The molecule has 0 amide bonds. The Morgan fingerprint density at radius 3 is 2.45 bits per heavy atom. The fraction of sp³-hybridized carbons (Fsp3) is 0.308. The molecular weight excluding hydrogens is 272 g/mol. The maximum absolute atomic E-state index is 5.86. The van der Waals surface area contributed by atoms with Crippen molar-refractivity contribution in [2.24, 2.45) is 5.73 Å². The molecule has 0 aromatic carbocycles. The van der Waals surface area contributed by atoms with E-state index in [-0.39, 0.29) is 0 Å². The molecule has 0 atom stereocenters. The zero-order valence-corrected chi connectivity index (χ0v) is 12.2. The van der Waals surface area contributed by atoms with Crippen LogP contribution in [0.1, 0.15) is 30.7 Å². The lowest BCUT2D eigenvalue weighted by Crippen LogP contribution is -2.18. The lowest BCUT2D eigenvalue weighted by Gasteiger charge is -2.15. The van der Waals surface area contributed by atoms with E-state index in [1.807, 2.05) is 13.8 Å². The maximum Gasteiger partial charge on any atom is 0.163 e. The van der Waals surface area contributed by atoms with E-state index >= 15 is 0 Å². The highest BCUT2D eigenvalue weighted by molar-refractivity contribution is 7.80. The Morgan fingerprint density at radius 2 is 1.90 bits per heavy atom. The summed E-state index contributed by atoms with van der Waals surface area (Å²) < 4.78 is 0. The van der Waals surface area contributed by atoms with Crippen molar-refractivity contribution in [2.45, 2.75) is 26.7 Å². The van der Waals surface area contributed by atoms with Crippen molar-refractivity contribution in [2.75, 3.05) is 5.32 Å². The van der Waals surface area contributed by atoms with Gasteiger partial charge in [-0.05, 0) is 18.4 Å². The number of thiocarbonyl (C=S) groups is 1. The average molecular weight is 288 g/mol. The molecule has 0 spiro atoms. The van der Waals surface area contributed by atoms with Crippen LogP contribution in [0.3, 0.4) is 0 Å². The Hall–Kier alpha value is -2.15. The third-order valence-electron chi connectivity index (χ3n) is 2.92. The fourth-order valence-electron chi connectivity index (χ4n) is 2.03. The van der Waals surface area contributed by atoms with Gasteiger partial charge in [0.1, 0.15) is 11.3 Å². The third-order valence-corrected chi connectivity index (χ3v) is 3.12. The van der Waals surface area contributed by atoms with E-state index in [0.717, 1.165) is 29.7 Å². The van der Waals surface area contributed by atoms with Crippen molar-refractivity contribution in [3.05, 3.63) is 35.5 Å². The van der Waals surface area contributed by atoms with Gasteiger partial charge in [0.05, 0.1) is 29.3 Å². The lowest BCUT2D eigenvalue weighted by molar-refractivity contribution is 0.879. The summed E-state index contributed by atoms with van der Waals surface area (Å²) in [6.07, 6.45) is 6.35. The molecule has 0 aliphatic heterocycles. The topological polar surface area (TPSA) is 89.6 Å². The van der Waals surface area contributed by atoms with Crippen LogP contribution in [-0.2, 0) is 12.8 Å². The summed E-state index contributed by atoms with van der Waals surface area (Å²) in [7, 11) is 0. The number of aromatic nitrogens is 4. The van der Waals surface area contributed by atoms with Crippen molar-refractivity contribution in [1.82, 2.24) is 20.2 Å². The fourth-order valence-corrected chi connectivity index (χ4v) is 2.25. The summed E-state index contributed by atoms with van der Waals surface area (Å²) in [5, 5.41) is 11.5. The van der Waals surface area contributed by atoms with E-state index in [2.05, 4.69) is 25.5 Å². The molecule has 2 heterocycles. The molecule has 2 aromatic heterocycles. The molecule has 2 aromatic rings. The maximum atomic E-state index is 5.86. The predicted molar refractivity (Wildman–Crippen MR) is 82.0 cm³/mol. The molecule has 20 heavy (non-hydrogen) atoms. The molecule has 0 bridgehead atoms. The van der Waals surface area contributed by atoms with E-state index in [4.69, 9.17) is 18.0 Å². The van der Waals surface area contributed by atoms with Crippen LogP contribution < -0.4 is 11.1 Å². The van der Waals surface area contributed by atoms with Crippen molar-refractivity contribution in [3.8, 4) is 0 Å². The van der Waals surface area contributed by atoms with E-state index in [9.17, 15) is 0 Å². The Labute approximate surface area is 122 Å². The van der Waals surface area contributed by atoms with Crippen LogP contribution >= 0.6 is 12.2 Å². The standard InChI is InChI=1S/C13H16N6S/c1-3-9-10(4-2)18-19-13(11(9)12(14)20)17-8-5-15-7-16-6-8/h5-7H,3-4H2,1-2H3,(H2,14,20)(H,17,19). The highest BCUT2D eigenvalue weighted by Crippen LogP contribution is 2.23. The van der Waals surface area contributed by atoms with Crippen molar-refractivity contribution in [3.63, 3.8) is 0 Å². The van der Waals surface area contributed by atoms with Gasteiger partial charge in [-0.15, -0.1) is 5.10 Å². The number of aryl methyl sites for hydroxylation is 1. The monoisotopic (exact) mass is 288 g/mol. The summed E-state index contributed by atoms with van der Waals surface area (Å²) in [4.78, 5) is 8.20. The number of nitrogens with zero attached hydrogens (tertiary/aromatic N) is 4. The normalized spacial score (nSPS) is 10.3. The second-order valence-electron chi connectivity index (χ2n) is 4.17. The van der Waals surface area contributed by atoms with Gasteiger partial charge in [0.2, 0.25) is 0 Å². The zero-order chi connectivity index (χ0) is 14.5. The molecular formula is C13H16N6S. The van der Waals surface area contributed by atoms with Gasteiger partial charge >= 0.3 is 0 Å². The van der Waals surface area contributed by atoms with Gasteiger partial charge in [0, 0.05) is 0 Å². The molecule has 3 N–H and O–H groups in total. The van der Waals surface area contributed by atoms with Crippen LogP contribution in [-0.4, -0.2) is 25.2 Å². The molecule has 0 aliphatic rings. The predicted octanol–water partition coefficient (Wildman–Crippen LogP) is 1.77. The van der Waals surface area contributed by atoms with Gasteiger partial charge in [-0.25, -0.2) is 9.97 Å². The van der Waals surface area contributed by atoms with Crippen LogP contribution in [0.5, 0.6) is 0 Å². The molecule has 0 fully saturated rings. The zero-order valence-electron chi connectivity index (χ0n) is 11.4. The first kappa shape index (κ1) is 14.3. The average Bonchev–Trinajstić information content (AvgIpc) is 2.47. The van der Waals surface area contributed by atoms with Crippen LogP contribution in [0, 0.1) is 0 Å². The number of nitrogens with one attached hydrogen (secondary N) is 1. The molecule has 0 unspecified atom stereocenters. The van der Waals surface area contributed by atoms with Crippen molar-refractivity contribution in [1.29, 1.82) is 0 Å². The largest absolute Gasteiger partial charge is 0.389 e. The van der Waals surface area contributed by atoms with Gasteiger partial charge in [-0.1, -0.05) is 26.1 Å². The second-order valence-corrected chi connectivity index (χ2v) is 4.61. The van der Waals surface area contributed by atoms with Crippen molar-refractivity contribution >= 4 is 28.7 Å². The third kappa shape index (κ3) is 2.88. The lowest BCUT2D eigenvalue weighted by atomic mass is 10.0. The molecule has 0 radical (unpaired) electrons. The number of hydrogen-bond donors (Lipinski definition) is 2. The van der Waals surface area contributed by atoms with Gasteiger partial charge in [-0.3, -0.25) is 0 Å². The van der Waals surface area contributed by atoms with Gasteiger partial charge in [-0.2, -0.15) is 5.10 Å². The van der Waals surface area contributed by atoms with Gasteiger partial charge < -0.3 is 11.1 Å². The van der Waals surface area contributed by atoms with Crippen LogP contribution in [0.25, 0.3) is 0 Å². The number of anilines is 2. The first-order chi connectivity index (χ1) is 9.67. The Bertz CT molecular complexity index is 614. The molecule has 2 rings (SSSR count). The van der Waals surface area contributed by atoms with E-state index in [1.54, 1.807) is 12.4 Å². The summed E-state index contributed by atoms with van der Waals surface area (Å²) in [5.41, 5.74) is 9.28. The highest BCUT2D eigenvalue weighted by Gasteiger charge is 2.16. The number of rotatable bonds is 5. The Morgan fingerprint density at radius 1 is 1.20 bits per heavy atom. The SMILES string of the molecule is CCc1nnc(Nc2cncnc2)c(C(N)=S)c1CC. The molecule has 0 saturated carbocycles. The van der Waals surface area contributed by atoms with Gasteiger partial charge in [0.15, 0.2) is 5.82 Å². The molecule has 0 aliphatic carbocycles. The van der Waals surface area contributed by atoms with Gasteiger partial charge in [0.25, 0.3) is 0 Å². The minimum absolute atomic E-state index is 0.311. The molecule has 0 saturated heterocycles. The van der Waals surface area contributed by atoms with Crippen molar-refractivity contribution < 1.29 is 0 Å². The minimum Gasteiger partial charge on any atom is -0.389 e. The minimum atomic E-state index is 0.311. The van der Waals surface area contributed by atoms with Crippen LogP contribution in [0.4, 0.5) is 11.5 Å². The second kappa shape index (κ2) is 6.33. The highest BCUT2D eigenvalue weighted by atomic mass is 32.1. The summed E-state index contributed by atoms with van der Waals surface area (Å²) >= 11 is 5.17. The first-order valence-electron chi connectivity index (χ1n) is 6.37.